The summed E-state index contributed by atoms with van der Waals surface area (Å²) < 4.78 is 11.0. The van der Waals surface area contributed by atoms with Gasteiger partial charge in [-0.25, -0.2) is 0 Å². The summed E-state index contributed by atoms with van der Waals surface area (Å²) in [6.45, 7) is 6.44. The zero-order valence-corrected chi connectivity index (χ0v) is 14.6. The van der Waals surface area contributed by atoms with Crippen LogP contribution < -0.4 is 10.1 Å². The van der Waals surface area contributed by atoms with Crippen molar-refractivity contribution in [2.24, 2.45) is 5.92 Å². The molecule has 0 amide bonds. The Balaban J connectivity index is 1.44. The number of methoxy groups -OCH3 is 1. The number of likely N-dealkylation sites (tertiary alicyclic amines) is 1. The topological polar surface area (TPSA) is 57.9 Å². The van der Waals surface area contributed by atoms with Crippen LogP contribution in [0.15, 0.2) is 28.7 Å². The lowest BCUT2D eigenvalue weighted by molar-refractivity contribution is 0.0904. The van der Waals surface area contributed by atoms with E-state index < -0.39 is 0 Å². The Hall–Kier alpha value is -1.56. The first kappa shape index (κ1) is 17.3. The molecule has 1 aliphatic rings. The monoisotopic (exact) mass is 332 g/mol. The summed E-state index contributed by atoms with van der Waals surface area (Å²) in [5.41, 5.74) is 0.857. The van der Waals surface area contributed by atoms with Gasteiger partial charge in [-0.3, -0.25) is 0 Å². The molecule has 2 aromatic rings. The van der Waals surface area contributed by atoms with E-state index in [4.69, 9.17) is 9.15 Å². The molecule has 0 spiro atoms. The molecule has 0 bridgehead atoms. The molecule has 0 aliphatic carbocycles. The van der Waals surface area contributed by atoms with Gasteiger partial charge in [0, 0.05) is 18.5 Å². The Kier molecular flexibility index (Phi) is 5.76. The molecular weight excluding hydrogens is 304 g/mol. The largest absolute Gasteiger partial charge is 0.497 e. The SMILES string of the molecule is COc1ccc2oc(CNCC(O)CN3CCC(C)CC3)cc2c1. The average molecular weight is 332 g/mol. The predicted octanol–water partition coefficient (Wildman–Crippen LogP) is 2.62. The summed E-state index contributed by atoms with van der Waals surface area (Å²) in [4.78, 5) is 2.36. The molecule has 2 heterocycles. The summed E-state index contributed by atoms with van der Waals surface area (Å²) in [5.74, 6) is 2.52. The van der Waals surface area contributed by atoms with Gasteiger partial charge in [-0.2, -0.15) is 0 Å². The number of furan rings is 1. The summed E-state index contributed by atoms with van der Waals surface area (Å²) in [6.07, 6.45) is 2.13. The lowest BCUT2D eigenvalue weighted by Crippen LogP contribution is -2.41. The van der Waals surface area contributed by atoms with Gasteiger partial charge in [0.25, 0.3) is 0 Å². The minimum Gasteiger partial charge on any atom is -0.497 e. The standard InChI is InChI=1S/C19H28N2O3/c1-14-5-7-21(8-6-14)13-16(22)11-20-12-18-10-15-9-17(23-2)3-4-19(15)24-18/h3-4,9-10,14,16,20,22H,5-8,11-13H2,1-2H3. The van der Waals surface area contributed by atoms with Gasteiger partial charge < -0.3 is 24.5 Å². The van der Waals surface area contributed by atoms with Crippen molar-refractivity contribution in [2.75, 3.05) is 33.3 Å². The van der Waals surface area contributed by atoms with Crippen LogP contribution in [0.4, 0.5) is 0 Å². The molecule has 1 fully saturated rings. The highest BCUT2D eigenvalue weighted by Crippen LogP contribution is 2.24. The highest BCUT2D eigenvalue weighted by molar-refractivity contribution is 5.79. The second-order valence-corrected chi connectivity index (χ2v) is 6.88. The Morgan fingerprint density at radius 2 is 2.12 bits per heavy atom. The smallest absolute Gasteiger partial charge is 0.134 e. The van der Waals surface area contributed by atoms with Crippen LogP contribution in [0, 0.1) is 5.92 Å². The Labute approximate surface area is 143 Å². The number of ether oxygens (including phenoxy) is 1. The summed E-state index contributed by atoms with van der Waals surface area (Å²) in [7, 11) is 1.66. The molecular formula is C19H28N2O3. The van der Waals surface area contributed by atoms with Crippen LogP contribution in [0.1, 0.15) is 25.5 Å². The van der Waals surface area contributed by atoms with Crippen LogP contribution in [-0.4, -0.2) is 49.4 Å². The molecule has 1 saturated heterocycles. The highest BCUT2D eigenvalue weighted by atomic mass is 16.5. The van der Waals surface area contributed by atoms with Crippen molar-refractivity contribution < 1.29 is 14.3 Å². The van der Waals surface area contributed by atoms with E-state index in [0.717, 1.165) is 48.0 Å². The molecule has 1 atom stereocenters. The summed E-state index contributed by atoms with van der Waals surface area (Å²) in [6, 6.07) is 7.80. The zero-order chi connectivity index (χ0) is 16.9. The molecule has 5 nitrogen and oxygen atoms in total. The lowest BCUT2D eigenvalue weighted by atomic mass is 9.99. The number of fused-ring (bicyclic) bond motifs is 1. The number of hydrogen-bond acceptors (Lipinski definition) is 5. The van der Waals surface area contributed by atoms with Crippen molar-refractivity contribution in [1.29, 1.82) is 0 Å². The van der Waals surface area contributed by atoms with Crippen molar-refractivity contribution >= 4 is 11.0 Å². The van der Waals surface area contributed by atoms with Gasteiger partial charge >= 0.3 is 0 Å². The number of aliphatic hydroxyl groups excluding tert-OH is 1. The van der Waals surface area contributed by atoms with Crippen LogP contribution >= 0.6 is 0 Å². The first-order valence-corrected chi connectivity index (χ1v) is 8.81. The maximum absolute atomic E-state index is 10.2. The van der Waals surface area contributed by atoms with E-state index in [1.165, 1.54) is 12.8 Å². The van der Waals surface area contributed by atoms with Crippen molar-refractivity contribution in [3.63, 3.8) is 0 Å². The van der Waals surface area contributed by atoms with Crippen molar-refractivity contribution in [3.05, 3.63) is 30.0 Å². The third kappa shape index (κ3) is 4.50. The molecule has 2 N–H and O–H groups in total. The summed E-state index contributed by atoms with van der Waals surface area (Å²) in [5, 5.41) is 14.5. The van der Waals surface area contributed by atoms with Crippen molar-refractivity contribution in [2.45, 2.75) is 32.4 Å². The second-order valence-electron chi connectivity index (χ2n) is 6.88. The minimum absolute atomic E-state index is 0.345. The molecule has 132 valence electrons. The van der Waals surface area contributed by atoms with E-state index in [9.17, 15) is 5.11 Å². The first-order chi connectivity index (χ1) is 11.6. The van der Waals surface area contributed by atoms with Crippen molar-refractivity contribution in [3.8, 4) is 5.75 Å². The van der Waals surface area contributed by atoms with Gasteiger partial charge in [-0.1, -0.05) is 6.92 Å². The molecule has 1 unspecified atom stereocenters. The van der Waals surface area contributed by atoms with E-state index in [2.05, 4.69) is 17.1 Å². The maximum Gasteiger partial charge on any atom is 0.134 e. The third-order valence-corrected chi connectivity index (χ3v) is 4.80. The number of nitrogens with zero attached hydrogens (tertiary/aromatic N) is 1. The molecule has 1 aromatic carbocycles. The van der Waals surface area contributed by atoms with Crippen LogP contribution in [-0.2, 0) is 6.54 Å². The fourth-order valence-corrected chi connectivity index (χ4v) is 3.26. The Morgan fingerprint density at radius 1 is 1.33 bits per heavy atom. The van der Waals surface area contributed by atoms with Crippen LogP contribution in [0.5, 0.6) is 5.75 Å². The quantitative estimate of drug-likeness (QED) is 0.816. The zero-order valence-electron chi connectivity index (χ0n) is 14.6. The predicted molar refractivity (Wildman–Crippen MR) is 95.3 cm³/mol. The summed E-state index contributed by atoms with van der Waals surface area (Å²) >= 11 is 0. The van der Waals surface area contributed by atoms with E-state index in [0.29, 0.717) is 13.1 Å². The highest BCUT2D eigenvalue weighted by Gasteiger charge is 2.18. The first-order valence-electron chi connectivity index (χ1n) is 8.81. The van der Waals surface area contributed by atoms with E-state index in [-0.39, 0.29) is 6.10 Å². The van der Waals surface area contributed by atoms with Gasteiger partial charge in [-0.15, -0.1) is 0 Å². The Bertz CT molecular complexity index is 647. The van der Waals surface area contributed by atoms with Gasteiger partial charge in [0.2, 0.25) is 0 Å². The van der Waals surface area contributed by atoms with Gasteiger partial charge in [0.05, 0.1) is 19.8 Å². The number of β-amino-alcohol motifs (C(OH)–C–C–N with tert-alkyl or cyclic N) is 1. The molecule has 0 radical (unpaired) electrons. The molecule has 1 aliphatic heterocycles. The Morgan fingerprint density at radius 3 is 2.88 bits per heavy atom. The van der Waals surface area contributed by atoms with Crippen LogP contribution in [0.3, 0.4) is 0 Å². The molecule has 0 saturated carbocycles. The molecule has 1 aromatic heterocycles. The number of nitrogens with one attached hydrogen (secondary N) is 1. The van der Waals surface area contributed by atoms with E-state index in [1.54, 1.807) is 7.11 Å². The van der Waals surface area contributed by atoms with Crippen molar-refractivity contribution in [1.82, 2.24) is 10.2 Å². The lowest BCUT2D eigenvalue weighted by Gasteiger charge is -2.31. The molecule has 24 heavy (non-hydrogen) atoms. The molecule has 5 heteroatoms. The van der Waals surface area contributed by atoms with Gasteiger partial charge in [0.1, 0.15) is 17.1 Å². The number of hydrogen-bond donors (Lipinski definition) is 2. The van der Waals surface area contributed by atoms with Crippen LogP contribution in [0.25, 0.3) is 11.0 Å². The van der Waals surface area contributed by atoms with E-state index in [1.807, 2.05) is 24.3 Å². The number of piperidine rings is 1. The third-order valence-electron chi connectivity index (χ3n) is 4.80. The second kappa shape index (κ2) is 8.01. The average Bonchev–Trinajstić information content (AvgIpc) is 2.98. The fraction of sp³-hybridized carbons (Fsp3) is 0.579. The normalized spacial score (nSPS) is 18.1. The molecule has 3 rings (SSSR count). The van der Waals surface area contributed by atoms with E-state index >= 15 is 0 Å². The maximum atomic E-state index is 10.2. The fourth-order valence-electron chi connectivity index (χ4n) is 3.26. The van der Waals surface area contributed by atoms with Crippen LogP contribution in [0.2, 0.25) is 0 Å². The van der Waals surface area contributed by atoms with Gasteiger partial charge in [-0.05, 0) is 56.1 Å². The number of rotatable bonds is 7. The minimum atomic E-state index is -0.345. The van der Waals surface area contributed by atoms with Gasteiger partial charge in [0.15, 0.2) is 0 Å². The number of benzene rings is 1. The number of aliphatic hydroxyl groups is 1.